The van der Waals surface area contributed by atoms with E-state index in [4.69, 9.17) is 9.47 Å². The van der Waals surface area contributed by atoms with Crippen LogP contribution in [0.5, 0.6) is 5.75 Å². The molecule has 0 aliphatic carbocycles. The Kier molecular flexibility index (Phi) is 5.44. The first-order valence-electron chi connectivity index (χ1n) is 9.38. The van der Waals surface area contributed by atoms with Gasteiger partial charge in [-0.1, -0.05) is 42.5 Å². The fourth-order valence-electron chi connectivity index (χ4n) is 3.53. The van der Waals surface area contributed by atoms with Crippen LogP contribution in [0.2, 0.25) is 0 Å². The monoisotopic (exact) mass is 393 g/mol. The molecule has 8 nitrogen and oxygen atoms in total. The number of carbonyl (C=O) groups is 1. The number of ether oxygens (including phenoxy) is 2. The lowest BCUT2D eigenvalue weighted by molar-refractivity contribution is -0.119. The van der Waals surface area contributed by atoms with Crippen molar-refractivity contribution in [2.75, 3.05) is 31.5 Å². The van der Waals surface area contributed by atoms with Gasteiger partial charge in [0.25, 0.3) is 11.9 Å². The highest BCUT2D eigenvalue weighted by Gasteiger charge is 2.31. The molecule has 0 bridgehead atoms. The first-order chi connectivity index (χ1) is 14.2. The highest BCUT2D eigenvalue weighted by molar-refractivity contribution is 5.90. The number of hydrogen-bond donors (Lipinski definition) is 2. The van der Waals surface area contributed by atoms with Crippen molar-refractivity contribution in [2.24, 2.45) is 0 Å². The quantitative estimate of drug-likeness (QED) is 0.669. The zero-order valence-electron chi connectivity index (χ0n) is 16.3. The third kappa shape index (κ3) is 4.07. The predicted molar refractivity (Wildman–Crippen MR) is 109 cm³/mol. The van der Waals surface area contributed by atoms with Crippen LogP contribution in [-0.4, -0.2) is 41.5 Å². The third-order valence-electron chi connectivity index (χ3n) is 4.92. The molecule has 0 radical (unpaired) electrons. The Bertz CT molecular complexity index is 972. The van der Waals surface area contributed by atoms with Gasteiger partial charge in [-0.3, -0.25) is 10.1 Å². The highest BCUT2D eigenvalue weighted by Crippen LogP contribution is 2.38. The molecular formula is C21H23N5O3. The number of methoxy groups -OCH3 is 2. The summed E-state index contributed by atoms with van der Waals surface area (Å²) >= 11 is 0. The predicted octanol–water partition coefficient (Wildman–Crippen LogP) is 3.02. The smallest absolute Gasteiger partial charge is 0.252 e. The van der Waals surface area contributed by atoms with Crippen molar-refractivity contribution < 1.29 is 14.3 Å². The SMILES string of the molecule is COCC(=O)Nc1nc2n(n1)C(c1ccc(OC)cc1)CC(c1ccccc1)N2. The van der Waals surface area contributed by atoms with Crippen molar-refractivity contribution in [3.8, 4) is 5.75 Å². The lowest BCUT2D eigenvalue weighted by atomic mass is 9.93. The zero-order chi connectivity index (χ0) is 20.2. The molecule has 2 heterocycles. The van der Waals surface area contributed by atoms with Crippen LogP contribution >= 0.6 is 0 Å². The molecule has 150 valence electrons. The standard InChI is InChI=1S/C21H23N5O3/c1-28-13-19(27)23-20-24-21-22-17(14-6-4-3-5-7-14)12-18(26(21)25-20)15-8-10-16(29-2)11-9-15/h3-11,17-18H,12-13H2,1-2H3,(H2,22,23,24,25,27). The average Bonchev–Trinajstić information content (AvgIpc) is 3.16. The van der Waals surface area contributed by atoms with Crippen LogP contribution in [0.4, 0.5) is 11.9 Å². The maximum Gasteiger partial charge on any atom is 0.252 e. The van der Waals surface area contributed by atoms with Gasteiger partial charge in [-0.2, -0.15) is 4.98 Å². The number of amides is 1. The van der Waals surface area contributed by atoms with Gasteiger partial charge in [0, 0.05) is 7.11 Å². The molecule has 0 fully saturated rings. The van der Waals surface area contributed by atoms with Crippen molar-refractivity contribution >= 4 is 17.8 Å². The summed E-state index contributed by atoms with van der Waals surface area (Å²) < 4.78 is 12.0. The fourth-order valence-corrected chi connectivity index (χ4v) is 3.53. The van der Waals surface area contributed by atoms with Crippen LogP contribution in [0.3, 0.4) is 0 Å². The highest BCUT2D eigenvalue weighted by atomic mass is 16.5. The van der Waals surface area contributed by atoms with Crippen molar-refractivity contribution in [2.45, 2.75) is 18.5 Å². The minimum Gasteiger partial charge on any atom is -0.497 e. The molecule has 8 heteroatoms. The molecule has 2 N–H and O–H groups in total. The summed E-state index contributed by atoms with van der Waals surface area (Å²) in [6, 6.07) is 18.2. The molecule has 2 atom stereocenters. The number of nitrogens with one attached hydrogen (secondary N) is 2. The summed E-state index contributed by atoms with van der Waals surface area (Å²) in [5, 5.41) is 10.6. The van der Waals surface area contributed by atoms with Crippen molar-refractivity contribution in [1.82, 2.24) is 14.8 Å². The van der Waals surface area contributed by atoms with E-state index in [0.29, 0.717) is 5.95 Å². The lowest BCUT2D eigenvalue weighted by Crippen LogP contribution is -2.28. The molecule has 0 saturated heterocycles. The van der Waals surface area contributed by atoms with E-state index in [1.807, 2.05) is 47.1 Å². The summed E-state index contributed by atoms with van der Waals surface area (Å²) in [5.41, 5.74) is 2.26. The first kappa shape index (κ1) is 18.9. The number of benzene rings is 2. The molecule has 2 unspecified atom stereocenters. The maximum absolute atomic E-state index is 11.9. The largest absolute Gasteiger partial charge is 0.497 e. The molecule has 0 saturated carbocycles. The van der Waals surface area contributed by atoms with E-state index in [-0.39, 0.29) is 30.5 Å². The van der Waals surface area contributed by atoms with Gasteiger partial charge in [0.2, 0.25) is 5.95 Å². The van der Waals surface area contributed by atoms with Gasteiger partial charge in [-0.25, -0.2) is 4.68 Å². The normalized spacial score (nSPS) is 17.9. The molecule has 0 spiro atoms. The number of aromatic nitrogens is 3. The summed E-state index contributed by atoms with van der Waals surface area (Å²) in [5.74, 6) is 1.37. The van der Waals surface area contributed by atoms with Crippen molar-refractivity contribution in [3.05, 3.63) is 65.7 Å². The number of carbonyl (C=O) groups excluding carboxylic acids is 1. The molecule has 1 aliphatic rings. The lowest BCUT2D eigenvalue weighted by Gasteiger charge is -2.31. The molecule has 1 amide bonds. The van der Waals surface area contributed by atoms with Gasteiger partial charge in [0.1, 0.15) is 12.4 Å². The number of nitrogens with zero attached hydrogens (tertiary/aromatic N) is 3. The molecular weight excluding hydrogens is 370 g/mol. The van der Waals surface area contributed by atoms with Gasteiger partial charge in [-0.05, 0) is 29.7 Å². The minimum absolute atomic E-state index is 0.0389. The topological polar surface area (TPSA) is 90.3 Å². The van der Waals surface area contributed by atoms with Crippen LogP contribution in [0.15, 0.2) is 54.6 Å². The number of hydrogen-bond acceptors (Lipinski definition) is 6. The number of fused-ring (bicyclic) bond motifs is 1. The molecule has 1 aromatic heterocycles. The minimum atomic E-state index is -0.295. The Hall–Kier alpha value is -3.39. The van der Waals surface area contributed by atoms with Gasteiger partial charge in [-0.15, -0.1) is 5.10 Å². The van der Waals surface area contributed by atoms with Crippen LogP contribution in [0.25, 0.3) is 0 Å². The van der Waals surface area contributed by atoms with Gasteiger partial charge in [0.05, 0.1) is 19.2 Å². The van der Waals surface area contributed by atoms with Gasteiger partial charge < -0.3 is 14.8 Å². The van der Waals surface area contributed by atoms with E-state index in [0.717, 1.165) is 17.7 Å². The van der Waals surface area contributed by atoms with Crippen molar-refractivity contribution in [3.63, 3.8) is 0 Å². The number of rotatable bonds is 6. The second-order valence-corrected chi connectivity index (χ2v) is 6.82. The number of anilines is 2. The van der Waals surface area contributed by atoms with Crippen LogP contribution < -0.4 is 15.4 Å². The zero-order valence-corrected chi connectivity index (χ0v) is 16.3. The van der Waals surface area contributed by atoms with Crippen LogP contribution in [0.1, 0.15) is 29.6 Å². The molecule has 2 aromatic carbocycles. The van der Waals surface area contributed by atoms with Gasteiger partial charge >= 0.3 is 0 Å². The Morgan fingerprint density at radius 3 is 2.59 bits per heavy atom. The van der Waals surface area contributed by atoms with E-state index in [1.165, 1.54) is 12.7 Å². The summed E-state index contributed by atoms with van der Waals surface area (Å²) in [6.07, 6.45) is 0.790. The second kappa shape index (κ2) is 8.32. The Morgan fingerprint density at radius 1 is 1.14 bits per heavy atom. The molecule has 3 aromatic rings. The fraction of sp³-hybridized carbons (Fsp3) is 0.286. The van der Waals surface area contributed by atoms with E-state index in [1.54, 1.807) is 7.11 Å². The van der Waals surface area contributed by atoms with E-state index in [9.17, 15) is 4.79 Å². The third-order valence-corrected chi connectivity index (χ3v) is 4.92. The summed E-state index contributed by atoms with van der Waals surface area (Å²) in [4.78, 5) is 16.4. The van der Waals surface area contributed by atoms with E-state index in [2.05, 4.69) is 32.8 Å². The van der Waals surface area contributed by atoms with Gasteiger partial charge in [0.15, 0.2) is 0 Å². The van der Waals surface area contributed by atoms with E-state index >= 15 is 0 Å². The van der Waals surface area contributed by atoms with Crippen LogP contribution in [-0.2, 0) is 9.53 Å². The maximum atomic E-state index is 11.9. The first-order valence-corrected chi connectivity index (χ1v) is 9.38. The van der Waals surface area contributed by atoms with E-state index < -0.39 is 0 Å². The Balaban J connectivity index is 1.68. The van der Waals surface area contributed by atoms with Crippen molar-refractivity contribution in [1.29, 1.82) is 0 Å². The molecule has 29 heavy (non-hydrogen) atoms. The molecule has 4 rings (SSSR count). The Labute approximate surface area is 168 Å². The summed E-state index contributed by atoms with van der Waals surface area (Å²) in [6.45, 7) is -0.0498. The Morgan fingerprint density at radius 2 is 1.90 bits per heavy atom. The molecule has 1 aliphatic heterocycles. The average molecular weight is 393 g/mol. The van der Waals surface area contributed by atoms with Crippen LogP contribution in [0, 0.1) is 0 Å². The second-order valence-electron chi connectivity index (χ2n) is 6.82. The summed E-state index contributed by atoms with van der Waals surface area (Å²) in [7, 11) is 3.12.